The van der Waals surface area contributed by atoms with Gasteiger partial charge in [0.25, 0.3) is 0 Å². The van der Waals surface area contributed by atoms with Gasteiger partial charge < -0.3 is 20.7 Å². The first-order valence-corrected chi connectivity index (χ1v) is 11.2. The fourth-order valence-electron chi connectivity index (χ4n) is 4.48. The van der Waals surface area contributed by atoms with Gasteiger partial charge in [0.15, 0.2) is 5.82 Å². The van der Waals surface area contributed by atoms with Crippen molar-refractivity contribution in [3.8, 4) is 0 Å². The van der Waals surface area contributed by atoms with Gasteiger partial charge in [-0.1, -0.05) is 6.58 Å². The lowest BCUT2D eigenvalue weighted by atomic mass is 10.1. The fourth-order valence-corrected chi connectivity index (χ4v) is 4.48. The van der Waals surface area contributed by atoms with Gasteiger partial charge in [0.1, 0.15) is 29.6 Å². The number of aliphatic hydroxyl groups excluding tert-OH is 1. The number of allylic oxidation sites excluding steroid dienone is 1. The second-order valence-electron chi connectivity index (χ2n) is 8.53. The van der Waals surface area contributed by atoms with Crippen LogP contribution in [0.15, 0.2) is 65.3 Å². The lowest BCUT2D eigenvalue weighted by molar-refractivity contribution is 0.331. The summed E-state index contributed by atoms with van der Waals surface area (Å²) in [5.41, 5.74) is 9.40. The Bertz CT molecular complexity index is 1540. The number of nitrogens with one attached hydrogen (secondary N) is 1. The molecule has 2 aliphatic heterocycles. The normalized spacial score (nSPS) is 15.4. The fraction of sp³-hybridized carbons (Fsp3) is 0.208. The van der Waals surface area contributed by atoms with Crippen molar-refractivity contribution in [2.75, 3.05) is 22.6 Å². The summed E-state index contributed by atoms with van der Waals surface area (Å²) in [6, 6.07) is 5.88. The summed E-state index contributed by atoms with van der Waals surface area (Å²) >= 11 is 0. The smallest absolute Gasteiger partial charge is 0.153 e. The molecular formula is C24H24N10O. The van der Waals surface area contributed by atoms with Crippen LogP contribution in [0.25, 0.3) is 10.8 Å². The summed E-state index contributed by atoms with van der Waals surface area (Å²) in [7, 11) is 0. The average molecular weight is 469 g/mol. The Balaban J connectivity index is 1.31. The maximum absolute atomic E-state index is 9.72. The van der Waals surface area contributed by atoms with E-state index >= 15 is 0 Å². The van der Waals surface area contributed by atoms with Gasteiger partial charge in [0, 0.05) is 60.0 Å². The number of hydrogen-bond donors (Lipinski definition) is 3. The van der Waals surface area contributed by atoms with Gasteiger partial charge in [-0.15, -0.1) is 0 Å². The molecule has 4 N–H and O–H groups in total. The zero-order valence-corrected chi connectivity index (χ0v) is 19.2. The zero-order chi connectivity index (χ0) is 24.1. The van der Waals surface area contributed by atoms with Gasteiger partial charge in [0.05, 0.1) is 18.8 Å². The zero-order valence-electron chi connectivity index (χ0n) is 19.2. The summed E-state index contributed by atoms with van der Waals surface area (Å²) in [4.78, 5) is 19.6. The molecule has 0 unspecified atom stereocenters. The Hall–Kier alpha value is -4.51. The van der Waals surface area contributed by atoms with Crippen molar-refractivity contribution in [3.63, 3.8) is 0 Å². The molecule has 0 aliphatic carbocycles. The standard InChI is InChI=1S/C24H24N10O/c1-14-19(12-35)15(2)33(13-28-14)22-8-16-7-20(27-10-18(16)24(25)30-22)29-21-9-17-3-5-32-6-4-26-23(32)11-34(17)31-21/h4,6-10,13,35H,1,3,5,11-12H2,2H3,(H2,25,30)(H,27,29,31). The molecule has 11 nitrogen and oxygen atoms in total. The molecule has 0 fully saturated rings. The lowest BCUT2D eigenvalue weighted by Crippen LogP contribution is -2.26. The number of fused-ring (bicyclic) bond motifs is 3. The van der Waals surface area contributed by atoms with Crippen molar-refractivity contribution in [1.29, 1.82) is 0 Å². The van der Waals surface area contributed by atoms with Crippen LogP contribution in [0.2, 0.25) is 0 Å². The van der Waals surface area contributed by atoms with Crippen LogP contribution in [0.1, 0.15) is 18.4 Å². The highest BCUT2D eigenvalue weighted by atomic mass is 16.3. The molecule has 4 aromatic rings. The molecule has 0 amide bonds. The van der Waals surface area contributed by atoms with E-state index in [-0.39, 0.29) is 6.61 Å². The van der Waals surface area contributed by atoms with E-state index in [1.54, 1.807) is 17.4 Å². The largest absolute Gasteiger partial charge is 0.392 e. The number of rotatable bonds is 4. The van der Waals surface area contributed by atoms with Crippen LogP contribution in [-0.2, 0) is 19.5 Å². The number of anilines is 4. The van der Waals surface area contributed by atoms with Crippen molar-refractivity contribution >= 4 is 40.4 Å². The van der Waals surface area contributed by atoms with E-state index in [4.69, 9.17) is 10.8 Å². The molecule has 11 heteroatoms. The monoisotopic (exact) mass is 468 g/mol. The number of aromatic nitrogens is 6. The minimum Gasteiger partial charge on any atom is -0.392 e. The van der Waals surface area contributed by atoms with Crippen LogP contribution in [0.4, 0.5) is 23.3 Å². The highest BCUT2D eigenvalue weighted by Crippen LogP contribution is 2.31. The Kier molecular flexibility index (Phi) is 4.85. The van der Waals surface area contributed by atoms with Gasteiger partial charge in [-0.2, -0.15) is 5.10 Å². The van der Waals surface area contributed by atoms with E-state index in [0.717, 1.165) is 46.8 Å². The van der Waals surface area contributed by atoms with Crippen LogP contribution >= 0.6 is 0 Å². The molecule has 0 bridgehead atoms. The first-order chi connectivity index (χ1) is 17.0. The van der Waals surface area contributed by atoms with Crippen LogP contribution in [0.5, 0.6) is 0 Å². The van der Waals surface area contributed by atoms with Crippen molar-refractivity contribution in [1.82, 2.24) is 29.3 Å². The molecule has 35 heavy (non-hydrogen) atoms. The Labute approximate surface area is 201 Å². The quantitative estimate of drug-likeness (QED) is 0.416. The van der Waals surface area contributed by atoms with Crippen molar-refractivity contribution in [3.05, 3.63) is 71.9 Å². The van der Waals surface area contributed by atoms with Gasteiger partial charge in [-0.05, 0) is 24.4 Å². The maximum Gasteiger partial charge on any atom is 0.153 e. The van der Waals surface area contributed by atoms with Gasteiger partial charge in [-0.3, -0.25) is 9.58 Å². The number of aryl methyl sites for hydroxylation is 2. The topological polar surface area (TPSA) is 135 Å². The molecule has 0 radical (unpaired) electrons. The van der Waals surface area contributed by atoms with Crippen LogP contribution < -0.4 is 16.0 Å². The van der Waals surface area contributed by atoms with Gasteiger partial charge in [-0.25, -0.2) is 19.9 Å². The highest BCUT2D eigenvalue weighted by molar-refractivity contribution is 5.96. The molecule has 0 saturated carbocycles. The van der Waals surface area contributed by atoms with E-state index in [1.807, 2.05) is 42.2 Å². The SMILES string of the molecule is C=C1N=CN(c2cc3cc(Nc4cc5n(n4)Cc4nccn4CC5)ncc3c(N)n2)C(C)=C1CO. The predicted molar refractivity (Wildman–Crippen MR) is 134 cm³/mol. The third kappa shape index (κ3) is 3.62. The first-order valence-electron chi connectivity index (χ1n) is 11.2. The summed E-state index contributed by atoms with van der Waals surface area (Å²) in [5, 5.41) is 19.4. The molecule has 4 aromatic heterocycles. The molecule has 0 saturated heterocycles. The van der Waals surface area contributed by atoms with Gasteiger partial charge >= 0.3 is 0 Å². The molecule has 0 atom stereocenters. The Morgan fingerprint density at radius 2 is 2.09 bits per heavy atom. The van der Waals surface area contributed by atoms with Crippen molar-refractivity contribution in [2.45, 2.75) is 26.4 Å². The van der Waals surface area contributed by atoms with Crippen molar-refractivity contribution in [2.24, 2.45) is 4.99 Å². The molecule has 0 spiro atoms. The molecule has 0 aromatic carbocycles. The molecule has 176 valence electrons. The highest BCUT2D eigenvalue weighted by Gasteiger charge is 2.20. The van der Waals surface area contributed by atoms with Gasteiger partial charge in [0.2, 0.25) is 0 Å². The molecule has 2 aliphatic rings. The minimum atomic E-state index is -0.157. The summed E-state index contributed by atoms with van der Waals surface area (Å²) < 4.78 is 4.14. The van der Waals surface area contributed by atoms with E-state index in [1.165, 1.54) is 0 Å². The van der Waals surface area contributed by atoms with Crippen LogP contribution in [0, 0.1) is 0 Å². The Morgan fingerprint density at radius 3 is 2.94 bits per heavy atom. The summed E-state index contributed by atoms with van der Waals surface area (Å²) in [5.74, 6) is 3.32. The number of nitrogen functional groups attached to an aromatic ring is 1. The number of aliphatic hydroxyl groups is 1. The van der Waals surface area contributed by atoms with E-state index in [2.05, 4.69) is 36.4 Å². The Morgan fingerprint density at radius 1 is 1.20 bits per heavy atom. The van der Waals surface area contributed by atoms with E-state index in [0.29, 0.717) is 35.3 Å². The number of imidazole rings is 1. The number of nitrogens with two attached hydrogens (primary N) is 1. The number of pyridine rings is 2. The third-order valence-electron chi connectivity index (χ3n) is 6.43. The van der Waals surface area contributed by atoms with E-state index in [9.17, 15) is 5.11 Å². The minimum absolute atomic E-state index is 0.157. The van der Waals surface area contributed by atoms with Crippen LogP contribution in [-0.4, -0.2) is 47.4 Å². The number of hydrogen-bond acceptors (Lipinski definition) is 9. The summed E-state index contributed by atoms with van der Waals surface area (Å²) in [6.07, 6.45) is 8.04. The van der Waals surface area contributed by atoms with Crippen molar-refractivity contribution < 1.29 is 5.11 Å². The maximum atomic E-state index is 9.72. The lowest BCUT2D eigenvalue weighted by Gasteiger charge is -2.26. The van der Waals surface area contributed by atoms with Crippen LogP contribution in [0.3, 0.4) is 0 Å². The second-order valence-corrected chi connectivity index (χ2v) is 8.53. The average Bonchev–Trinajstić information content (AvgIpc) is 3.40. The predicted octanol–water partition coefficient (Wildman–Crippen LogP) is 2.58. The molecule has 6 heterocycles. The molecule has 6 rings (SSSR count). The third-order valence-corrected chi connectivity index (χ3v) is 6.43. The second kappa shape index (κ2) is 8.06. The molecular weight excluding hydrogens is 444 g/mol. The number of nitrogens with zero attached hydrogens (tertiary/aromatic N) is 8. The summed E-state index contributed by atoms with van der Waals surface area (Å²) in [6.45, 7) is 7.13. The first kappa shape index (κ1) is 21.1. The van der Waals surface area contributed by atoms with E-state index < -0.39 is 0 Å². The number of aliphatic imine (C=N–C) groups is 1.